The molecular formula is C10H12ClNO2. The summed E-state index contributed by atoms with van der Waals surface area (Å²) in [5.41, 5.74) is 0.461. The number of rotatable bonds is 3. The minimum absolute atomic E-state index is 0.0286. The van der Waals surface area contributed by atoms with E-state index in [1.54, 1.807) is 12.1 Å². The maximum atomic E-state index is 11.2. The van der Waals surface area contributed by atoms with Gasteiger partial charge in [0, 0.05) is 0 Å². The zero-order valence-electron chi connectivity index (χ0n) is 8.37. The number of halogens is 1. The van der Waals surface area contributed by atoms with Gasteiger partial charge in [-0.3, -0.25) is 4.79 Å². The summed E-state index contributed by atoms with van der Waals surface area (Å²) in [6.45, 7) is 5.21. The number of carbonyl (C=O) groups is 1. The van der Waals surface area contributed by atoms with Gasteiger partial charge < -0.3 is 4.74 Å². The molecule has 0 aliphatic heterocycles. The van der Waals surface area contributed by atoms with Crippen LogP contribution in [-0.2, 0) is 0 Å². The van der Waals surface area contributed by atoms with Crippen molar-refractivity contribution in [1.29, 1.82) is 0 Å². The van der Waals surface area contributed by atoms with E-state index in [4.69, 9.17) is 16.3 Å². The molecule has 1 aromatic rings. The van der Waals surface area contributed by atoms with Crippen LogP contribution in [0.5, 0.6) is 5.88 Å². The lowest BCUT2D eigenvalue weighted by molar-refractivity contribution is 0.101. The second-order valence-corrected chi connectivity index (χ2v) is 3.60. The van der Waals surface area contributed by atoms with Crippen molar-refractivity contribution in [1.82, 2.24) is 4.98 Å². The SMILES string of the molecule is CC(=O)c1ccc(Cl)nc1OC(C)C. The van der Waals surface area contributed by atoms with E-state index in [0.29, 0.717) is 16.6 Å². The molecule has 0 fully saturated rings. The molecule has 0 spiro atoms. The van der Waals surface area contributed by atoms with Crippen molar-refractivity contribution in [3.05, 3.63) is 22.8 Å². The summed E-state index contributed by atoms with van der Waals surface area (Å²) >= 11 is 5.70. The first kappa shape index (κ1) is 11.0. The first-order valence-electron chi connectivity index (χ1n) is 4.35. The summed E-state index contributed by atoms with van der Waals surface area (Å²) in [5, 5.41) is 0.325. The van der Waals surface area contributed by atoms with Crippen LogP contribution in [0.15, 0.2) is 12.1 Å². The molecule has 0 saturated carbocycles. The van der Waals surface area contributed by atoms with Crippen LogP contribution in [0, 0.1) is 0 Å². The molecule has 0 aliphatic carbocycles. The second kappa shape index (κ2) is 4.42. The van der Waals surface area contributed by atoms with E-state index in [0.717, 1.165) is 0 Å². The van der Waals surface area contributed by atoms with Gasteiger partial charge in [0.05, 0.1) is 11.7 Å². The Balaban J connectivity index is 3.09. The summed E-state index contributed by atoms with van der Waals surface area (Å²) in [7, 11) is 0. The van der Waals surface area contributed by atoms with Crippen molar-refractivity contribution in [3.8, 4) is 5.88 Å². The van der Waals surface area contributed by atoms with Gasteiger partial charge in [-0.1, -0.05) is 11.6 Å². The Morgan fingerprint density at radius 1 is 1.50 bits per heavy atom. The lowest BCUT2D eigenvalue weighted by Crippen LogP contribution is -2.10. The van der Waals surface area contributed by atoms with E-state index in [-0.39, 0.29) is 11.9 Å². The summed E-state index contributed by atoms with van der Waals surface area (Å²) < 4.78 is 5.37. The van der Waals surface area contributed by atoms with Gasteiger partial charge in [0.25, 0.3) is 0 Å². The molecule has 0 aromatic carbocycles. The van der Waals surface area contributed by atoms with Crippen molar-refractivity contribution in [2.45, 2.75) is 26.9 Å². The van der Waals surface area contributed by atoms with Crippen molar-refractivity contribution in [3.63, 3.8) is 0 Å². The molecule has 76 valence electrons. The molecule has 0 unspecified atom stereocenters. The number of Topliss-reactive ketones (excluding diaryl/α,β-unsaturated/α-hetero) is 1. The minimum atomic E-state index is -0.0789. The minimum Gasteiger partial charge on any atom is -0.474 e. The van der Waals surface area contributed by atoms with Gasteiger partial charge in [0.1, 0.15) is 5.15 Å². The summed E-state index contributed by atoms with van der Waals surface area (Å²) in [6, 6.07) is 3.20. The number of hydrogen-bond acceptors (Lipinski definition) is 3. The van der Waals surface area contributed by atoms with Crippen LogP contribution >= 0.6 is 11.6 Å². The standard InChI is InChI=1S/C10H12ClNO2/c1-6(2)14-10-8(7(3)13)4-5-9(11)12-10/h4-6H,1-3H3. The average Bonchev–Trinajstić information content (AvgIpc) is 2.01. The van der Waals surface area contributed by atoms with Crippen LogP contribution in [0.1, 0.15) is 31.1 Å². The van der Waals surface area contributed by atoms with Crippen LogP contribution < -0.4 is 4.74 Å². The largest absolute Gasteiger partial charge is 0.474 e. The lowest BCUT2D eigenvalue weighted by Gasteiger charge is -2.11. The third-order valence-corrected chi connectivity index (χ3v) is 1.76. The normalized spacial score (nSPS) is 10.4. The molecule has 1 heterocycles. The molecule has 3 nitrogen and oxygen atoms in total. The van der Waals surface area contributed by atoms with E-state index in [1.807, 2.05) is 13.8 Å². The van der Waals surface area contributed by atoms with Gasteiger partial charge in [-0.2, -0.15) is 0 Å². The Morgan fingerprint density at radius 3 is 2.64 bits per heavy atom. The highest BCUT2D eigenvalue weighted by Gasteiger charge is 2.11. The molecule has 0 radical (unpaired) electrons. The number of ether oxygens (including phenoxy) is 1. The van der Waals surface area contributed by atoms with Gasteiger partial charge in [-0.05, 0) is 32.9 Å². The van der Waals surface area contributed by atoms with Crippen LogP contribution in [0.3, 0.4) is 0 Å². The van der Waals surface area contributed by atoms with Gasteiger partial charge in [-0.25, -0.2) is 4.98 Å². The molecule has 1 rings (SSSR count). The quantitative estimate of drug-likeness (QED) is 0.573. The summed E-state index contributed by atoms with van der Waals surface area (Å²) in [6.07, 6.45) is -0.0286. The Labute approximate surface area is 88.1 Å². The molecule has 4 heteroatoms. The number of ketones is 1. The third-order valence-electron chi connectivity index (χ3n) is 1.55. The Bertz CT molecular complexity index is 350. The van der Waals surface area contributed by atoms with Gasteiger partial charge in [0.2, 0.25) is 5.88 Å². The first-order valence-corrected chi connectivity index (χ1v) is 4.72. The van der Waals surface area contributed by atoms with E-state index in [1.165, 1.54) is 6.92 Å². The molecule has 0 saturated heterocycles. The van der Waals surface area contributed by atoms with E-state index >= 15 is 0 Å². The van der Waals surface area contributed by atoms with Crippen molar-refractivity contribution in [2.75, 3.05) is 0 Å². The maximum absolute atomic E-state index is 11.2. The zero-order chi connectivity index (χ0) is 10.7. The highest BCUT2D eigenvalue weighted by molar-refractivity contribution is 6.29. The molecule has 0 atom stereocenters. The van der Waals surface area contributed by atoms with E-state index < -0.39 is 0 Å². The molecular weight excluding hydrogens is 202 g/mol. The number of carbonyl (C=O) groups excluding carboxylic acids is 1. The van der Waals surface area contributed by atoms with Crippen LogP contribution in [0.25, 0.3) is 0 Å². The maximum Gasteiger partial charge on any atom is 0.226 e. The number of nitrogens with zero attached hydrogens (tertiary/aromatic N) is 1. The Hall–Kier alpha value is -1.09. The van der Waals surface area contributed by atoms with Gasteiger partial charge in [-0.15, -0.1) is 0 Å². The summed E-state index contributed by atoms with van der Waals surface area (Å²) in [5.74, 6) is 0.227. The topological polar surface area (TPSA) is 39.2 Å². The van der Waals surface area contributed by atoms with Crippen molar-refractivity contribution in [2.24, 2.45) is 0 Å². The molecule has 0 bridgehead atoms. The predicted molar refractivity (Wildman–Crippen MR) is 55.0 cm³/mol. The van der Waals surface area contributed by atoms with Crippen LogP contribution in [-0.4, -0.2) is 16.9 Å². The third kappa shape index (κ3) is 2.70. The number of pyridine rings is 1. The predicted octanol–water partition coefficient (Wildman–Crippen LogP) is 2.72. The smallest absolute Gasteiger partial charge is 0.226 e. The lowest BCUT2D eigenvalue weighted by atomic mass is 10.2. The molecule has 0 N–H and O–H groups in total. The summed E-state index contributed by atoms with van der Waals surface area (Å²) in [4.78, 5) is 15.2. The fraction of sp³-hybridized carbons (Fsp3) is 0.400. The van der Waals surface area contributed by atoms with Crippen molar-refractivity contribution < 1.29 is 9.53 Å². The fourth-order valence-electron chi connectivity index (χ4n) is 0.999. The number of hydrogen-bond donors (Lipinski definition) is 0. The van der Waals surface area contributed by atoms with Crippen molar-refractivity contribution >= 4 is 17.4 Å². The zero-order valence-corrected chi connectivity index (χ0v) is 9.13. The second-order valence-electron chi connectivity index (χ2n) is 3.21. The van der Waals surface area contributed by atoms with Gasteiger partial charge in [0.15, 0.2) is 5.78 Å². The molecule has 0 aliphatic rings. The van der Waals surface area contributed by atoms with E-state index in [2.05, 4.69) is 4.98 Å². The monoisotopic (exact) mass is 213 g/mol. The van der Waals surface area contributed by atoms with Crippen LogP contribution in [0.4, 0.5) is 0 Å². The Morgan fingerprint density at radius 2 is 2.14 bits per heavy atom. The highest BCUT2D eigenvalue weighted by Crippen LogP contribution is 2.20. The van der Waals surface area contributed by atoms with Crippen LogP contribution in [0.2, 0.25) is 5.15 Å². The molecule has 0 amide bonds. The average molecular weight is 214 g/mol. The van der Waals surface area contributed by atoms with E-state index in [9.17, 15) is 4.79 Å². The molecule has 14 heavy (non-hydrogen) atoms. The highest BCUT2D eigenvalue weighted by atomic mass is 35.5. The fourth-order valence-corrected chi connectivity index (χ4v) is 1.14. The molecule has 1 aromatic heterocycles. The number of aromatic nitrogens is 1. The Kier molecular flexibility index (Phi) is 3.47. The first-order chi connectivity index (χ1) is 6.50. The van der Waals surface area contributed by atoms with Gasteiger partial charge >= 0.3 is 0 Å².